The Labute approximate surface area is 126 Å². The van der Waals surface area contributed by atoms with Crippen molar-refractivity contribution in [1.29, 1.82) is 0 Å². The van der Waals surface area contributed by atoms with Crippen LogP contribution in [0.2, 0.25) is 0 Å². The van der Waals surface area contributed by atoms with Crippen LogP contribution < -0.4 is 4.74 Å². The predicted octanol–water partition coefficient (Wildman–Crippen LogP) is 1.67. The van der Waals surface area contributed by atoms with Crippen LogP contribution >= 0.6 is 0 Å². The van der Waals surface area contributed by atoms with Gasteiger partial charge in [-0.15, -0.1) is 0 Å². The van der Waals surface area contributed by atoms with E-state index in [9.17, 15) is 19.6 Å². The van der Waals surface area contributed by atoms with E-state index in [4.69, 9.17) is 14.2 Å². The summed E-state index contributed by atoms with van der Waals surface area (Å²) in [7, 11) is 0. The Bertz CT molecular complexity index is 550. The maximum absolute atomic E-state index is 13.7. The third-order valence-corrected chi connectivity index (χ3v) is 3.15. The Balaban J connectivity index is 2.00. The topological polar surface area (TPSA) is 91.1 Å². The van der Waals surface area contributed by atoms with E-state index in [1.165, 1.54) is 12.1 Å². The molecule has 0 saturated carbocycles. The van der Waals surface area contributed by atoms with Gasteiger partial charge in [-0.25, -0.2) is 4.39 Å². The molecule has 1 saturated heterocycles. The van der Waals surface area contributed by atoms with Gasteiger partial charge in [0.15, 0.2) is 17.4 Å². The minimum Gasteiger partial charge on any atom is -0.488 e. The number of rotatable bonds is 6. The lowest BCUT2D eigenvalue weighted by atomic mass is 10.1. The molecule has 8 heteroatoms. The van der Waals surface area contributed by atoms with Crippen molar-refractivity contribution in [2.45, 2.75) is 31.8 Å². The van der Waals surface area contributed by atoms with Gasteiger partial charge in [-0.05, 0) is 31.5 Å². The van der Waals surface area contributed by atoms with Crippen LogP contribution in [-0.4, -0.2) is 41.7 Å². The summed E-state index contributed by atoms with van der Waals surface area (Å²) in [5.74, 6) is -1.40. The first kappa shape index (κ1) is 16.6. The molecule has 0 aliphatic carbocycles. The third kappa shape index (κ3) is 4.36. The number of benzene rings is 1. The van der Waals surface area contributed by atoms with Crippen LogP contribution in [0.5, 0.6) is 5.75 Å². The van der Waals surface area contributed by atoms with Crippen LogP contribution in [0.1, 0.15) is 25.5 Å². The summed E-state index contributed by atoms with van der Waals surface area (Å²) in [5.41, 5.74) is 0.219. The van der Waals surface area contributed by atoms with Crippen molar-refractivity contribution in [3.8, 4) is 5.75 Å². The molecule has 1 aliphatic rings. The van der Waals surface area contributed by atoms with Gasteiger partial charge in [0.2, 0.25) is 6.54 Å². The Morgan fingerprint density at radius 1 is 1.59 bits per heavy atom. The molecule has 122 valence electrons. The highest BCUT2D eigenvalue weighted by Crippen LogP contribution is 2.26. The predicted molar refractivity (Wildman–Crippen MR) is 73.6 cm³/mol. The molecule has 7 nitrogen and oxygen atoms in total. The smallest absolute Gasteiger partial charge is 0.233 e. The number of halogens is 1. The van der Waals surface area contributed by atoms with E-state index in [1.54, 1.807) is 13.8 Å². The van der Waals surface area contributed by atoms with E-state index in [-0.39, 0.29) is 24.0 Å². The van der Waals surface area contributed by atoms with Gasteiger partial charge in [0, 0.05) is 4.92 Å². The van der Waals surface area contributed by atoms with E-state index >= 15 is 0 Å². The van der Waals surface area contributed by atoms with Crippen LogP contribution in [-0.2, 0) is 9.47 Å². The summed E-state index contributed by atoms with van der Waals surface area (Å²) in [6.07, 6.45) is -1.65. The van der Waals surface area contributed by atoms with Crippen molar-refractivity contribution in [3.63, 3.8) is 0 Å². The number of nitro groups is 1. The average Bonchev–Trinajstić information content (AvgIpc) is 2.76. The molecule has 1 heterocycles. The van der Waals surface area contributed by atoms with Crippen LogP contribution in [0.15, 0.2) is 18.2 Å². The van der Waals surface area contributed by atoms with E-state index in [0.29, 0.717) is 6.61 Å². The van der Waals surface area contributed by atoms with E-state index in [0.717, 1.165) is 6.07 Å². The van der Waals surface area contributed by atoms with Gasteiger partial charge in [-0.3, -0.25) is 10.1 Å². The molecule has 0 aromatic heterocycles. The molecule has 0 spiro atoms. The summed E-state index contributed by atoms with van der Waals surface area (Å²) in [6.45, 7) is 3.29. The number of hydrogen-bond donors (Lipinski definition) is 1. The van der Waals surface area contributed by atoms with Crippen molar-refractivity contribution in [1.82, 2.24) is 0 Å². The summed E-state index contributed by atoms with van der Waals surface area (Å²) in [4.78, 5) is 9.77. The fourth-order valence-corrected chi connectivity index (χ4v) is 2.11. The molecule has 2 atom stereocenters. The van der Waals surface area contributed by atoms with Gasteiger partial charge >= 0.3 is 0 Å². The molecule has 0 amide bonds. The lowest BCUT2D eigenvalue weighted by Gasteiger charge is -2.17. The Morgan fingerprint density at radius 2 is 2.32 bits per heavy atom. The molecule has 2 rings (SSSR count). The standard InChI is InChI=1S/C14H18FNO6/c1-14(2)21-8-10(22-14)7-20-13-5-9(3-4-11(13)15)12(17)6-16(18)19/h3-5,10,12,17H,6-8H2,1-2H3/t10-,12+/m0/s1. The molecule has 1 aromatic carbocycles. The minimum atomic E-state index is -1.32. The summed E-state index contributed by atoms with van der Waals surface area (Å²) < 4.78 is 30.0. The number of nitrogens with zero attached hydrogens (tertiary/aromatic N) is 1. The summed E-state index contributed by atoms with van der Waals surface area (Å²) in [6, 6.07) is 3.64. The highest BCUT2D eigenvalue weighted by molar-refractivity contribution is 5.31. The van der Waals surface area contributed by atoms with Crippen molar-refractivity contribution in [3.05, 3.63) is 39.7 Å². The highest BCUT2D eigenvalue weighted by atomic mass is 19.1. The number of aliphatic hydroxyl groups is 1. The van der Waals surface area contributed by atoms with Gasteiger partial charge in [-0.1, -0.05) is 6.07 Å². The normalized spacial score (nSPS) is 21.5. The Kier molecular flexibility index (Phi) is 4.94. The molecule has 0 radical (unpaired) electrons. The SMILES string of the molecule is CC1(C)OC[C@H](COc2cc([C@H](O)C[N+](=O)[O-])ccc2F)O1. The van der Waals surface area contributed by atoms with Gasteiger partial charge in [0.1, 0.15) is 18.8 Å². The Hall–Kier alpha value is -1.77. The Morgan fingerprint density at radius 3 is 2.91 bits per heavy atom. The van der Waals surface area contributed by atoms with Crippen LogP contribution in [0, 0.1) is 15.9 Å². The van der Waals surface area contributed by atoms with Gasteiger partial charge in [0.05, 0.1) is 6.61 Å². The van der Waals surface area contributed by atoms with E-state index < -0.39 is 29.2 Å². The molecule has 1 aliphatic heterocycles. The molecule has 0 bridgehead atoms. The second-order valence-electron chi connectivity index (χ2n) is 5.48. The first-order valence-corrected chi connectivity index (χ1v) is 6.81. The molecule has 1 fully saturated rings. The second kappa shape index (κ2) is 6.55. The van der Waals surface area contributed by atoms with Crippen molar-refractivity contribution < 1.29 is 28.6 Å². The van der Waals surface area contributed by atoms with Crippen LogP contribution in [0.4, 0.5) is 4.39 Å². The first-order valence-electron chi connectivity index (χ1n) is 6.81. The third-order valence-electron chi connectivity index (χ3n) is 3.15. The van der Waals surface area contributed by atoms with Crippen molar-refractivity contribution in [2.24, 2.45) is 0 Å². The largest absolute Gasteiger partial charge is 0.488 e. The average molecular weight is 315 g/mol. The zero-order valence-corrected chi connectivity index (χ0v) is 12.3. The van der Waals surface area contributed by atoms with E-state index in [1.807, 2.05) is 0 Å². The van der Waals surface area contributed by atoms with Crippen LogP contribution in [0.3, 0.4) is 0 Å². The molecule has 1 aromatic rings. The highest BCUT2D eigenvalue weighted by Gasteiger charge is 2.33. The van der Waals surface area contributed by atoms with Gasteiger partial charge in [0.25, 0.3) is 0 Å². The maximum atomic E-state index is 13.7. The lowest BCUT2D eigenvalue weighted by molar-refractivity contribution is -0.491. The monoisotopic (exact) mass is 315 g/mol. The summed E-state index contributed by atoms with van der Waals surface area (Å²) in [5, 5.41) is 20.1. The van der Waals surface area contributed by atoms with E-state index in [2.05, 4.69) is 0 Å². The van der Waals surface area contributed by atoms with Gasteiger partial charge < -0.3 is 19.3 Å². The van der Waals surface area contributed by atoms with Gasteiger partial charge in [-0.2, -0.15) is 0 Å². The number of hydrogen-bond acceptors (Lipinski definition) is 6. The van der Waals surface area contributed by atoms with Crippen molar-refractivity contribution >= 4 is 0 Å². The fourth-order valence-electron chi connectivity index (χ4n) is 2.11. The lowest BCUT2D eigenvalue weighted by Crippen LogP contribution is -2.25. The molecular formula is C14H18FNO6. The molecule has 1 N–H and O–H groups in total. The minimum absolute atomic E-state index is 0.0785. The molecule has 22 heavy (non-hydrogen) atoms. The van der Waals surface area contributed by atoms with Crippen LogP contribution in [0.25, 0.3) is 0 Å². The number of aliphatic hydroxyl groups excluding tert-OH is 1. The summed E-state index contributed by atoms with van der Waals surface area (Å²) >= 11 is 0. The second-order valence-corrected chi connectivity index (χ2v) is 5.48. The fraction of sp³-hybridized carbons (Fsp3) is 0.571. The zero-order valence-electron chi connectivity index (χ0n) is 12.3. The maximum Gasteiger partial charge on any atom is 0.233 e. The number of ether oxygens (including phenoxy) is 3. The molecular weight excluding hydrogens is 297 g/mol. The zero-order chi connectivity index (χ0) is 16.3. The van der Waals surface area contributed by atoms with Crippen molar-refractivity contribution in [2.75, 3.05) is 19.8 Å². The molecule has 0 unspecified atom stereocenters. The quantitative estimate of drug-likeness (QED) is 0.634. The first-order chi connectivity index (χ1) is 10.3.